The molecule has 0 radical (unpaired) electrons. The Morgan fingerprint density at radius 1 is 1.19 bits per heavy atom. The van der Waals surface area contributed by atoms with Crippen LogP contribution in [0.5, 0.6) is 11.5 Å². The van der Waals surface area contributed by atoms with Crippen molar-refractivity contribution in [3.05, 3.63) is 22.2 Å². The van der Waals surface area contributed by atoms with Crippen molar-refractivity contribution >= 4 is 15.9 Å². The number of rotatable bonds is 7. The Hall–Kier alpha value is -0.740. The minimum atomic E-state index is 0.0884. The first-order valence-corrected chi connectivity index (χ1v) is 8.35. The van der Waals surface area contributed by atoms with Crippen LogP contribution in [0.25, 0.3) is 0 Å². The van der Waals surface area contributed by atoms with E-state index in [1.165, 1.54) is 5.56 Å². The summed E-state index contributed by atoms with van der Waals surface area (Å²) in [5.74, 6) is 2.08. The Balaban J connectivity index is 2.94. The van der Waals surface area contributed by atoms with E-state index in [2.05, 4.69) is 68.0 Å². The number of hydrogen-bond donors (Lipinski definition) is 1. The van der Waals surface area contributed by atoms with Gasteiger partial charge in [0.15, 0.2) is 11.5 Å². The van der Waals surface area contributed by atoms with Crippen LogP contribution < -0.4 is 14.8 Å². The van der Waals surface area contributed by atoms with Crippen molar-refractivity contribution in [2.75, 3.05) is 13.2 Å². The molecule has 0 heterocycles. The van der Waals surface area contributed by atoms with Gasteiger partial charge in [0.2, 0.25) is 0 Å². The standard InChI is InChI=1S/C17H28BrNO2/c1-7-20-15-9-13(10-19-17(4,5)6)8-14(18)16(15)21-11-12(2)3/h8-9,12,19H,7,10-11H2,1-6H3. The molecule has 4 heteroatoms. The molecule has 0 aromatic heterocycles. The number of nitrogens with one attached hydrogen (secondary N) is 1. The smallest absolute Gasteiger partial charge is 0.175 e. The molecule has 0 aliphatic rings. The molecule has 0 aliphatic heterocycles. The van der Waals surface area contributed by atoms with Gasteiger partial charge in [-0.05, 0) is 67.2 Å². The molecular formula is C17H28BrNO2. The summed E-state index contributed by atoms with van der Waals surface area (Å²) in [6.07, 6.45) is 0. The van der Waals surface area contributed by atoms with Crippen molar-refractivity contribution in [2.24, 2.45) is 5.92 Å². The molecule has 0 saturated carbocycles. The van der Waals surface area contributed by atoms with Gasteiger partial charge in [0.25, 0.3) is 0 Å². The van der Waals surface area contributed by atoms with Crippen LogP contribution in [0.1, 0.15) is 47.1 Å². The fourth-order valence-electron chi connectivity index (χ4n) is 1.74. The van der Waals surface area contributed by atoms with Crippen LogP contribution in [0.3, 0.4) is 0 Å². The van der Waals surface area contributed by atoms with Crippen LogP contribution in [0, 0.1) is 5.92 Å². The summed E-state index contributed by atoms with van der Waals surface area (Å²) < 4.78 is 12.6. The van der Waals surface area contributed by atoms with Crippen molar-refractivity contribution in [3.63, 3.8) is 0 Å². The summed E-state index contributed by atoms with van der Waals surface area (Å²) in [4.78, 5) is 0. The third kappa shape index (κ3) is 6.70. The predicted molar refractivity (Wildman–Crippen MR) is 92.2 cm³/mol. The molecule has 0 spiro atoms. The molecular weight excluding hydrogens is 330 g/mol. The van der Waals surface area contributed by atoms with Crippen LogP contribution in [0.2, 0.25) is 0 Å². The van der Waals surface area contributed by atoms with E-state index < -0.39 is 0 Å². The highest BCUT2D eigenvalue weighted by molar-refractivity contribution is 9.10. The van der Waals surface area contributed by atoms with Crippen molar-refractivity contribution in [3.8, 4) is 11.5 Å². The molecule has 0 bridgehead atoms. The molecule has 1 rings (SSSR count). The molecule has 3 nitrogen and oxygen atoms in total. The molecule has 21 heavy (non-hydrogen) atoms. The van der Waals surface area contributed by atoms with E-state index in [1.807, 2.05) is 6.92 Å². The van der Waals surface area contributed by atoms with Gasteiger partial charge in [-0.25, -0.2) is 0 Å². The third-order valence-corrected chi connectivity index (χ3v) is 3.34. The van der Waals surface area contributed by atoms with E-state index in [0.717, 1.165) is 22.5 Å². The van der Waals surface area contributed by atoms with Crippen LogP contribution in [-0.2, 0) is 6.54 Å². The fourth-order valence-corrected chi connectivity index (χ4v) is 2.35. The lowest BCUT2D eigenvalue weighted by Crippen LogP contribution is -2.35. The van der Waals surface area contributed by atoms with E-state index in [4.69, 9.17) is 9.47 Å². The third-order valence-electron chi connectivity index (χ3n) is 2.75. The second-order valence-corrected chi connectivity index (χ2v) is 7.50. The fraction of sp³-hybridized carbons (Fsp3) is 0.647. The molecule has 1 aromatic rings. The normalized spacial score (nSPS) is 11.8. The molecule has 1 aromatic carbocycles. The van der Waals surface area contributed by atoms with E-state index in [0.29, 0.717) is 19.1 Å². The molecule has 1 N–H and O–H groups in total. The maximum Gasteiger partial charge on any atom is 0.175 e. The molecule has 0 atom stereocenters. The lowest BCUT2D eigenvalue weighted by molar-refractivity contribution is 0.246. The average Bonchev–Trinajstić information content (AvgIpc) is 2.34. The van der Waals surface area contributed by atoms with Gasteiger partial charge in [0.1, 0.15) is 0 Å². The van der Waals surface area contributed by atoms with Crippen LogP contribution >= 0.6 is 15.9 Å². The minimum absolute atomic E-state index is 0.0884. The Kier molecular flexibility index (Phi) is 7.01. The SMILES string of the molecule is CCOc1cc(CNC(C)(C)C)cc(Br)c1OCC(C)C. The highest BCUT2D eigenvalue weighted by atomic mass is 79.9. The number of halogens is 1. The first-order valence-electron chi connectivity index (χ1n) is 7.56. The van der Waals surface area contributed by atoms with Gasteiger partial charge >= 0.3 is 0 Å². The summed E-state index contributed by atoms with van der Waals surface area (Å²) in [5, 5.41) is 3.49. The molecule has 0 aliphatic carbocycles. The zero-order valence-corrected chi connectivity index (χ0v) is 15.6. The van der Waals surface area contributed by atoms with Crippen molar-refractivity contribution in [1.29, 1.82) is 0 Å². The van der Waals surface area contributed by atoms with E-state index >= 15 is 0 Å². The van der Waals surface area contributed by atoms with Gasteiger partial charge in [-0.15, -0.1) is 0 Å². The summed E-state index contributed by atoms with van der Waals surface area (Å²) >= 11 is 3.61. The summed E-state index contributed by atoms with van der Waals surface area (Å²) in [6, 6.07) is 4.15. The predicted octanol–water partition coefficient (Wildman–Crippen LogP) is 4.77. The summed E-state index contributed by atoms with van der Waals surface area (Å²) in [5.41, 5.74) is 1.27. The first-order chi connectivity index (χ1) is 9.73. The van der Waals surface area contributed by atoms with Gasteiger partial charge in [0.05, 0.1) is 17.7 Å². The first kappa shape index (κ1) is 18.3. The Morgan fingerprint density at radius 3 is 2.38 bits per heavy atom. The highest BCUT2D eigenvalue weighted by Gasteiger charge is 2.14. The zero-order chi connectivity index (χ0) is 16.0. The second kappa shape index (κ2) is 8.04. The van der Waals surface area contributed by atoms with Crippen molar-refractivity contribution in [2.45, 2.75) is 53.6 Å². The molecule has 0 saturated heterocycles. The van der Waals surface area contributed by atoms with Crippen molar-refractivity contribution < 1.29 is 9.47 Å². The maximum atomic E-state index is 5.89. The number of ether oxygens (including phenoxy) is 2. The van der Waals surface area contributed by atoms with Crippen LogP contribution in [0.4, 0.5) is 0 Å². The van der Waals surface area contributed by atoms with Gasteiger partial charge in [-0.1, -0.05) is 13.8 Å². The van der Waals surface area contributed by atoms with Gasteiger partial charge in [0, 0.05) is 12.1 Å². The lowest BCUT2D eigenvalue weighted by atomic mass is 10.1. The maximum absolute atomic E-state index is 5.89. The number of hydrogen-bond acceptors (Lipinski definition) is 3. The summed E-state index contributed by atoms with van der Waals surface area (Å²) in [6.45, 7) is 14.8. The molecule has 0 unspecified atom stereocenters. The van der Waals surface area contributed by atoms with Gasteiger partial charge < -0.3 is 14.8 Å². The zero-order valence-electron chi connectivity index (χ0n) is 14.0. The quantitative estimate of drug-likeness (QED) is 0.762. The summed E-state index contributed by atoms with van der Waals surface area (Å²) in [7, 11) is 0. The highest BCUT2D eigenvalue weighted by Crippen LogP contribution is 2.37. The molecule has 0 fully saturated rings. The Bertz CT molecular complexity index is 453. The van der Waals surface area contributed by atoms with Gasteiger partial charge in [-0.3, -0.25) is 0 Å². The van der Waals surface area contributed by atoms with E-state index in [1.54, 1.807) is 0 Å². The minimum Gasteiger partial charge on any atom is -0.490 e. The van der Waals surface area contributed by atoms with Crippen LogP contribution in [-0.4, -0.2) is 18.8 Å². The molecule has 0 amide bonds. The topological polar surface area (TPSA) is 30.5 Å². The largest absolute Gasteiger partial charge is 0.490 e. The van der Waals surface area contributed by atoms with Crippen molar-refractivity contribution in [1.82, 2.24) is 5.32 Å². The average molecular weight is 358 g/mol. The number of benzene rings is 1. The van der Waals surface area contributed by atoms with Crippen LogP contribution in [0.15, 0.2) is 16.6 Å². The van der Waals surface area contributed by atoms with E-state index in [9.17, 15) is 0 Å². The lowest BCUT2D eigenvalue weighted by Gasteiger charge is -2.22. The Labute approximate surface area is 137 Å². The monoisotopic (exact) mass is 357 g/mol. The Morgan fingerprint density at radius 2 is 1.86 bits per heavy atom. The van der Waals surface area contributed by atoms with E-state index in [-0.39, 0.29) is 5.54 Å². The molecule has 120 valence electrons. The second-order valence-electron chi connectivity index (χ2n) is 6.65. The van der Waals surface area contributed by atoms with Gasteiger partial charge in [-0.2, -0.15) is 0 Å².